The summed E-state index contributed by atoms with van der Waals surface area (Å²) in [4.78, 5) is 11.9. The maximum absolute atomic E-state index is 13.1. The third-order valence-electron chi connectivity index (χ3n) is 3.14. The molecule has 108 valence electrons. The second-order valence-electron chi connectivity index (χ2n) is 4.72. The van der Waals surface area contributed by atoms with Gasteiger partial charge in [0.1, 0.15) is 18.5 Å². The first-order valence-electron chi connectivity index (χ1n) is 6.64. The van der Waals surface area contributed by atoms with E-state index in [1.54, 1.807) is 6.07 Å². The van der Waals surface area contributed by atoms with Crippen LogP contribution in [-0.4, -0.2) is 25.2 Å². The number of carbonyl (C=O) groups excluding carboxylic acids is 1. The van der Waals surface area contributed by atoms with Crippen molar-refractivity contribution in [1.29, 1.82) is 0 Å². The van der Waals surface area contributed by atoms with Crippen LogP contribution in [0.2, 0.25) is 0 Å². The van der Waals surface area contributed by atoms with Gasteiger partial charge in [0.2, 0.25) is 0 Å². The van der Waals surface area contributed by atoms with E-state index >= 15 is 0 Å². The Balaban J connectivity index is 1.58. The summed E-state index contributed by atoms with van der Waals surface area (Å²) in [6.45, 7) is 0.657. The summed E-state index contributed by atoms with van der Waals surface area (Å²) >= 11 is 0. The van der Waals surface area contributed by atoms with Crippen LogP contribution in [0.15, 0.2) is 48.5 Å². The number of ether oxygens (including phenoxy) is 2. The summed E-state index contributed by atoms with van der Waals surface area (Å²) in [6.07, 6.45) is -0.266. The van der Waals surface area contributed by atoms with Gasteiger partial charge in [0, 0.05) is 5.56 Å². The third-order valence-corrected chi connectivity index (χ3v) is 3.14. The monoisotopic (exact) mass is 287 g/mol. The lowest BCUT2D eigenvalue weighted by molar-refractivity contribution is 0.0789. The summed E-state index contributed by atoms with van der Waals surface area (Å²) in [5, 5.41) is 2.72. The van der Waals surface area contributed by atoms with E-state index in [2.05, 4.69) is 5.32 Å². The molecule has 0 saturated heterocycles. The fraction of sp³-hybridized carbons (Fsp3) is 0.188. The molecule has 1 atom stereocenters. The number of amides is 1. The molecule has 3 rings (SSSR count). The average Bonchev–Trinajstić information content (AvgIpc) is 2.52. The normalized spacial score (nSPS) is 16.3. The summed E-state index contributed by atoms with van der Waals surface area (Å²) in [5.41, 5.74) is 0.284. The van der Waals surface area contributed by atoms with Crippen LogP contribution < -0.4 is 14.8 Å². The molecule has 0 aliphatic carbocycles. The van der Waals surface area contributed by atoms with Gasteiger partial charge in [0.25, 0.3) is 5.91 Å². The van der Waals surface area contributed by atoms with E-state index < -0.39 is 5.82 Å². The number of carbonyl (C=O) groups is 1. The molecule has 21 heavy (non-hydrogen) atoms. The maximum atomic E-state index is 13.1. The number of para-hydroxylation sites is 2. The lowest BCUT2D eigenvalue weighted by atomic mass is 10.2. The molecule has 1 aliphatic rings. The highest BCUT2D eigenvalue weighted by Gasteiger charge is 2.21. The first kappa shape index (κ1) is 13.4. The summed E-state index contributed by atoms with van der Waals surface area (Å²) in [7, 11) is 0. The molecule has 0 fully saturated rings. The Bertz CT molecular complexity index is 659. The predicted molar refractivity (Wildman–Crippen MR) is 75.1 cm³/mol. The molecule has 0 saturated carbocycles. The molecule has 0 aromatic heterocycles. The number of nitrogens with one attached hydrogen (secondary N) is 1. The molecule has 1 aliphatic heterocycles. The standard InChI is InChI=1S/C16H14FNO3/c17-12-5-3-4-11(8-12)16(19)18-9-13-10-20-14-6-1-2-7-15(14)21-13/h1-8,13H,9-10H2,(H,18,19)/t13-/m1/s1. The average molecular weight is 287 g/mol. The SMILES string of the molecule is O=C(NC[C@@H]1COc2ccccc2O1)c1cccc(F)c1. The van der Waals surface area contributed by atoms with Gasteiger partial charge in [-0.05, 0) is 30.3 Å². The number of halogens is 1. The molecule has 1 heterocycles. The Labute approximate surface area is 121 Å². The highest BCUT2D eigenvalue weighted by atomic mass is 19.1. The van der Waals surface area contributed by atoms with Crippen molar-refractivity contribution in [2.24, 2.45) is 0 Å². The zero-order valence-electron chi connectivity index (χ0n) is 11.2. The Kier molecular flexibility index (Phi) is 3.73. The minimum atomic E-state index is -0.436. The van der Waals surface area contributed by atoms with Crippen molar-refractivity contribution >= 4 is 5.91 Å². The molecule has 1 N–H and O–H groups in total. The smallest absolute Gasteiger partial charge is 0.251 e. The van der Waals surface area contributed by atoms with E-state index in [0.29, 0.717) is 24.7 Å². The molecule has 1 amide bonds. The van der Waals surface area contributed by atoms with Gasteiger partial charge in [0.05, 0.1) is 6.54 Å². The van der Waals surface area contributed by atoms with Gasteiger partial charge in [-0.3, -0.25) is 4.79 Å². The fourth-order valence-corrected chi connectivity index (χ4v) is 2.10. The van der Waals surface area contributed by atoms with Crippen LogP contribution >= 0.6 is 0 Å². The van der Waals surface area contributed by atoms with Crippen molar-refractivity contribution in [2.45, 2.75) is 6.10 Å². The summed E-state index contributed by atoms with van der Waals surface area (Å²) in [6, 6.07) is 12.9. The van der Waals surface area contributed by atoms with Crippen LogP contribution in [-0.2, 0) is 0 Å². The van der Waals surface area contributed by atoms with Gasteiger partial charge in [-0.2, -0.15) is 0 Å². The molecule has 2 aromatic rings. The third kappa shape index (κ3) is 3.13. The van der Waals surface area contributed by atoms with Crippen molar-refractivity contribution in [2.75, 3.05) is 13.2 Å². The van der Waals surface area contributed by atoms with Gasteiger partial charge in [-0.15, -0.1) is 0 Å². The van der Waals surface area contributed by atoms with Crippen molar-refractivity contribution in [3.05, 3.63) is 59.9 Å². The second-order valence-corrected chi connectivity index (χ2v) is 4.72. The molecule has 0 radical (unpaired) electrons. The number of hydrogen-bond donors (Lipinski definition) is 1. The van der Waals surface area contributed by atoms with Crippen LogP contribution in [0.3, 0.4) is 0 Å². The van der Waals surface area contributed by atoms with E-state index in [0.717, 1.165) is 0 Å². The molecule has 0 unspecified atom stereocenters. The van der Waals surface area contributed by atoms with Gasteiger partial charge in [-0.25, -0.2) is 4.39 Å². The van der Waals surface area contributed by atoms with Crippen LogP contribution in [0.4, 0.5) is 4.39 Å². The van der Waals surface area contributed by atoms with Crippen LogP contribution in [0.5, 0.6) is 11.5 Å². The lowest BCUT2D eigenvalue weighted by Gasteiger charge is -2.26. The summed E-state index contributed by atoms with van der Waals surface area (Å²) < 4.78 is 24.3. The minimum Gasteiger partial charge on any atom is -0.486 e. The zero-order chi connectivity index (χ0) is 14.7. The highest BCUT2D eigenvalue weighted by Crippen LogP contribution is 2.30. The molecule has 4 nitrogen and oxygen atoms in total. The molecular formula is C16H14FNO3. The van der Waals surface area contributed by atoms with Gasteiger partial charge in [0.15, 0.2) is 11.5 Å². The van der Waals surface area contributed by atoms with E-state index in [-0.39, 0.29) is 17.6 Å². The zero-order valence-corrected chi connectivity index (χ0v) is 11.2. The Morgan fingerprint density at radius 1 is 1.19 bits per heavy atom. The number of fused-ring (bicyclic) bond motifs is 1. The van der Waals surface area contributed by atoms with Crippen LogP contribution in [0, 0.1) is 5.82 Å². The predicted octanol–water partition coefficient (Wildman–Crippen LogP) is 2.40. The van der Waals surface area contributed by atoms with Gasteiger partial charge >= 0.3 is 0 Å². The Hall–Kier alpha value is -2.56. The minimum absolute atomic E-state index is 0.266. The first-order chi connectivity index (χ1) is 10.2. The lowest BCUT2D eigenvalue weighted by Crippen LogP contribution is -2.40. The van der Waals surface area contributed by atoms with Crippen molar-refractivity contribution < 1.29 is 18.7 Å². The fourth-order valence-electron chi connectivity index (χ4n) is 2.10. The van der Waals surface area contributed by atoms with E-state index in [9.17, 15) is 9.18 Å². The molecule has 0 spiro atoms. The molecular weight excluding hydrogens is 273 g/mol. The summed E-state index contributed by atoms with van der Waals surface area (Å²) in [5.74, 6) is 0.588. The Morgan fingerprint density at radius 2 is 2.00 bits per heavy atom. The van der Waals surface area contributed by atoms with Gasteiger partial charge < -0.3 is 14.8 Å². The van der Waals surface area contributed by atoms with Gasteiger partial charge in [-0.1, -0.05) is 18.2 Å². The Morgan fingerprint density at radius 3 is 2.81 bits per heavy atom. The topological polar surface area (TPSA) is 47.6 Å². The molecule has 2 aromatic carbocycles. The van der Waals surface area contributed by atoms with E-state index in [1.807, 2.05) is 24.3 Å². The highest BCUT2D eigenvalue weighted by molar-refractivity contribution is 5.94. The molecule has 0 bridgehead atoms. The quantitative estimate of drug-likeness (QED) is 0.943. The molecule has 5 heteroatoms. The largest absolute Gasteiger partial charge is 0.486 e. The first-order valence-corrected chi connectivity index (χ1v) is 6.64. The van der Waals surface area contributed by atoms with Crippen molar-refractivity contribution in [3.8, 4) is 11.5 Å². The maximum Gasteiger partial charge on any atom is 0.251 e. The van der Waals surface area contributed by atoms with Crippen LogP contribution in [0.25, 0.3) is 0 Å². The van der Waals surface area contributed by atoms with Crippen molar-refractivity contribution in [3.63, 3.8) is 0 Å². The number of rotatable bonds is 3. The number of hydrogen-bond acceptors (Lipinski definition) is 3. The van der Waals surface area contributed by atoms with Crippen LogP contribution in [0.1, 0.15) is 10.4 Å². The van der Waals surface area contributed by atoms with E-state index in [1.165, 1.54) is 18.2 Å². The van der Waals surface area contributed by atoms with Crippen molar-refractivity contribution in [1.82, 2.24) is 5.32 Å². The van der Waals surface area contributed by atoms with E-state index in [4.69, 9.17) is 9.47 Å². The number of benzene rings is 2. The second kappa shape index (κ2) is 5.83.